The molecule has 1 aromatic heterocycles. The maximum atomic E-state index is 4.64. The summed E-state index contributed by atoms with van der Waals surface area (Å²) in [6.07, 6.45) is 2.25. The second kappa shape index (κ2) is 3.73. The molecule has 1 aliphatic heterocycles. The van der Waals surface area contributed by atoms with Crippen molar-refractivity contribution in [1.82, 2.24) is 14.9 Å². The Kier molecular flexibility index (Phi) is 2.59. The first-order valence-corrected chi connectivity index (χ1v) is 5.51. The summed E-state index contributed by atoms with van der Waals surface area (Å²) in [5, 5.41) is 3.41. The zero-order valence-corrected chi connectivity index (χ0v) is 9.30. The molecular formula is C11H19N3. The third-order valence-corrected chi connectivity index (χ3v) is 3.13. The van der Waals surface area contributed by atoms with Crippen LogP contribution < -0.4 is 5.32 Å². The van der Waals surface area contributed by atoms with Gasteiger partial charge >= 0.3 is 0 Å². The lowest BCUT2D eigenvalue weighted by Gasteiger charge is -2.20. The lowest BCUT2D eigenvalue weighted by atomic mass is 10.1. The van der Waals surface area contributed by atoms with E-state index in [4.69, 9.17) is 0 Å². The number of nitrogens with zero attached hydrogens (tertiary/aromatic N) is 2. The first kappa shape index (κ1) is 9.71. The van der Waals surface area contributed by atoms with Crippen molar-refractivity contribution in [3.63, 3.8) is 0 Å². The lowest BCUT2D eigenvalue weighted by Crippen LogP contribution is -2.26. The van der Waals surface area contributed by atoms with Gasteiger partial charge in [0.2, 0.25) is 0 Å². The van der Waals surface area contributed by atoms with E-state index in [1.807, 2.05) is 0 Å². The number of hydrogen-bond donors (Lipinski definition) is 1. The first-order valence-electron chi connectivity index (χ1n) is 5.51. The van der Waals surface area contributed by atoms with E-state index in [1.165, 1.54) is 23.6 Å². The van der Waals surface area contributed by atoms with Crippen LogP contribution in [-0.2, 0) is 13.0 Å². The van der Waals surface area contributed by atoms with Crippen LogP contribution in [0.4, 0.5) is 0 Å². The fraction of sp³-hybridized carbons (Fsp3) is 0.727. The maximum absolute atomic E-state index is 4.64. The second-order valence-electron chi connectivity index (χ2n) is 4.11. The Morgan fingerprint density at radius 3 is 3.07 bits per heavy atom. The molecule has 1 atom stereocenters. The van der Waals surface area contributed by atoms with Crippen molar-refractivity contribution in [3.8, 4) is 0 Å². The highest BCUT2D eigenvalue weighted by atomic mass is 15.1. The number of imidazole rings is 1. The molecular weight excluding hydrogens is 174 g/mol. The van der Waals surface area contributed by atoms with Crippen LogP contribution in [0, 0.1) is 6.92 Å². The van der Waals surface area contributed by atoms with Crippen molar-refractivity contribution in [2.45, 2.75) is 46.2 Å². The average molecular weight is 193 g/mol. The molecule has 1 N–H and O–H groups in total. The summed E-state index contributed by atoms with van der Waals surface area (Å²) in [5.74, 6) is 1.17. The molecule has 0 radical (unpaired) electrons. The van der Waals surface area contributed by atoms with Crippen LogP contribution in [0.3, 0.4) is 0 Å². The van der Waals surface area contributed by atoms with Crippen LogP contribution in [0.2, 0.25) is 0 Å². The summed E-state index contributed by atoms with van der Waals surface area (Å²) >= 11 is 0. The fourth-order valence-electron chi connectivity index (χ4n) is 2.22. The molecule has 1 unspecified atom stereocenters. The summed E-state index contributed by atoms with van der Waals surface area (Å²) in [5.41, 5.74) is 2.71. The summed E-state index contributed by atoms with van der Waals surface area (Å²) < 4.78 is 2.39. The number of fused-ring (bicyclic) bond motifs is 1. The van der Waals surface area contributed by atoms with E-state index < -0.39 is 0 Å². The largest absolute Gasteiger partial charge is 0.328 e. The standard InChI is InChI=1S/C11H19N3/c1-4-8(2)14-9(3)13-10-5-6-12-7-11(10)14/h8,12H,4-7H2,1-3H3. The lowest BCUT2D eigenvalue weighted by molar-refractivity contribution is 0.482. The zero-order chi connectivity index (χ0) is 10.1. The van der Waals surface area contributed by atoms with E-state index in [2.05, 4.69) is 35.6 Å². The molecule has 1 aromatic rings. The van der Waals surface area contributed by atoms with Crippen molar-refractivity contribution >= 4 is 0 Å². The summed E-state index contributed by atoms with van der Waals surface area (Å²) in [4.78, 5) is 4.64. The average Bonchev–Trinajstić information content (AvgIpc) is 2.53. The highest BCUT2D eigenvalue weighted by Crippen LogP contribution is 2.22. The number of rotatable bonds is 2. The van der Waals surface area contributed by atoms with Gasteiger partial charge in [-0.1, -0.05) is 6.92 Å². The minimum atomic E-state index is 0.575. The third kappa shape index (κ3) is 1.46. The van der Waals surface area contributed by atoms with Crippen molar-refractivity contribution in [2.75, 3.05) is 6.54 Å². The van der Waals surface area contributed by atoms with Gasteiger partial charge < -0.3 is 9.88 Å². The molecule has 0 aromatic carbocycles. The van der Waals surface area contributed by atoms with Gasteiger partial charge in [0, 0.05) is 25.6 Å². The highest BCUT2D eigenvalue weighted by Gasteiger charge is 2.19. The van der Waals surface area contributed by atoms with Crippen LogP contribution in [0.15, 0.2) is 0 Å². The fourth-order valence-corrected chi connectivity index (χ4v) is 2.22. The molecule has 1 aliphatic rings. The molecule has 78 valence electrons. The van der Waals surface area contributed by atoms with Crippen LogP contribution in [0.1, 0.15) is 43.5 Å². The predicted molar refractivity (Wildman–Crippen MR) is 57.4 cm³/mol. The van der Waals surface area contributed by atoms with Gasteiger partial charge in [0.05, 0.1) is 11.4 Å². The predicted octanol–water partition coefficient (Wildman–Crippen LogP) is 1.81. The molecule has 2 heterocycles. The topological polar surface area (TPSA) is 29.9 Å². The summed E-state index contributed by atoms with van der Waals surface area (Å²) in [7, 11) is 0. The molecule has 0 saturated heterocycles. The van der Waals surface area contributed by atoms with Crippen molar-refractivity contribution < 1.29 is 0 Å². The molecule has 0 amide bonds. The number of aryl methyl sites for hydroxylation is 1. The second-order valence-corrected chi connectivity index (χ2v) is 4.11. The molecule has 0 spiro atoms. The molecule has 3 heteroatoms. The highest BCUT2D eigenvalue weighted by molar-refractivity contribution is 5.20. The quantitative estimate of drug-likeness (QED) is 0.776. The molecule has 0 bridgehead atoms. The van der Waals surface area contributed by atoms with E-state index >= 15 is 0 Å². The van der Waals surface area contributed by atoms with Crippen LogP contribution in [0.25, 0.3) is 0 Å². The van der Waals surface area contributed by atoms with E-state index in [-0.39, 0.29) is 0 Å². The Morgan fingerprint density at radius 2 is 2.36 bits per heavy atom. The van der Waals surface area contributed by atoms with E-state index in [1.54, 1.807) is 0 Å². The summed E-state index contributed by atoms with van der Waals surface area (Å²) in [6.45, 7) is 8.67. The van der Waals surface area contributed by atoms with Gasteiger partial charge in [-0.15, -0.1) is 0 Å². The molecule has 3 nitrogen and oxygen atoms in total. The van der Waals surface area contributed by atoms with Gasteiger partial charge in [-0.05, 0) is 20.3 Å². The SMILES string of the molecule is CCC(C)n1c(C)nc2c1CNCC2. The number of nitrogens with one attached hydrogen (secondary N) is 1. The Morgan fingerprint density at radius 1 is 1.57 bits per heavy atom. The van der Waals surface area contributed by atoms with Crippen LogP contribution >= 0.6 is 0 Å². The van der Waals surface area contributed by atoms with Crippen molar-refractivity contribution in [1.29, 1.82) is 0 Å². The van der Waals surface area contributed by atoms with Gasteiger partial charge in [0.15, 0.2) is 0 Å². The summed E-state index contributed by atoms with van der Waals surface area (Å²) in [6, 6.07) is 0.575. The normalized spacial score (nSPS) is 17.9. The molecule has 0 aliphatic carbocycles. The van der Waals surface area contributed by atoms with Crippen LogP contribution in [0.5, 0.6) is 0 Å². The van der Waals surface area contributed by atoms with Gasteiger partial charge in [-0.25, -0.2) is 4.98 Å². The van der Waals surface area contributed by atoms with Crippen molar-refractivity contribution in [3.05, 3.63) is 17.2 Å². The van der Waals surface area contributed by atoms with Gasteiger partial charge in [-0.2, -0.15) is 0 Å². The van der Waals surface area contributed by atoms with E-state index in [0.717, 1.165) is 19.5 Å². The van der Waals surface area contributed by atoms with Gasteiger partial charge in [-0.3, -0.25) is 0 Å². The van der Waals surface area contributed by atoms with Crippen molar-refractivity contribution in [2.24, 2.45) is 0 Å². The van der Waals surface area contributed by atoms with Crippen LogP contribution in [-0.4, -0.2) is 16.1 Å². The smallest absolute Gasteiger partial charge is 0.106 e. The third-order valence-electron chi connectivity index (χ3n) is 3.13. The zero-order valence-electron chi connectivity index (χ0n) is 9.30. The van der Waals surface area contributed by atoms with Gasteiger partial charge in [0.1, 0.15) is 5.82 Å². The first-order chi connectivity index (χ1) is 6.74. The molecule has 0 fully saturated rings. The minimum absolute atomic E-state index is 0.575. The van der Waals surface area contributed by atoms with Gasteiger partial charge in [0.25, 0.3) is 0 Å². The Bertz CT molecular complexity index is 328. The monoisotopic (exact) mass is 193 g/mol. The Labute approximate surface area is 85.5 Å². The number of aromatic nitrogens is 2. The number of hydrogen-bond acceptors (Lipinski definition) is 2. The molecule has 14 heavy (non-hydrogen) atoms. The molecule has 2 rings (SSSR count). The van der Waals surface area contributed by atoms with E-state index in [0.29, 0.717) is 6.04 Å². The Hall–Kier alpha value is -0.830. The minimum Gasteiger partial charge on any atom is -0.328 e. The maximum Gasteiger partial charge on any atom is 0.106 e. The molecule has 0 saturated carbocycles. The van der Waals surface area contributed by atoms with E-state index in [9.17, 15) is 0 Å². The Balaban J connectivity index is 2.42.